The molecular weight excluding hydrogens is 345 g/mol. The predicted molar refractivity (Wildman–Crippen MR) is 110 cm³/mol. The molecule has 0 unspecified atom stereocenters. The molecule has 0 aliphatic rings. The van der Waals surface area contributed by atoms with Gasteiger partial charge in [-0.15, -0.1) is 0 Å². The number of rotatable bonds is 8. The maximum atomic E-state index is 4.83. The van der Waals surface area contributed by atoms with Gasteiger partial charge in [-0.05, 0) is 14.1 Å². The van der Waals surface area contributed by atoms with E-state index in [9.17, 15) is 0 Å². The van der Waals surface area contributed by atoms with E-state index < -0.39 is 16.5 Å². The van der Waals surface area contributed by atoms with Crippen LogP contribution >= 0.6 is 0 Å². The molecule has 0 saturated carbocycles. The SMILES string of the molecule is COCCN(C)C.COCC[NH+](C)C.C[Si](C)(C)[N-][Si](C)(C)C.[Na+]. The minimum Gasteiger partial charge on any atom is -0.668 e. The van der Waals surface area contributed by atoms with Gasteiger partial charge < -0.3 is 23.9 Å². The molecule has 24 heavy (non-hydrogen) atoms. The topological polar surface area (TPSA) is 40.2 Å². The Morgan fingerprint density at radius 2 is 1.21 bits per heavy atom. The number of nitrogens with one attached hydrogen (secondary N) is 1. The van der Waals surface area contributed by atoms with E-state index in [-0.39, 0.29) is 29.6 Å². The van der Waals surface area contributed by atoms with Crippen LogP contribution in [0.2, 0.25) is 39.3 Å². The Hall–Kier alpha value is 1.23. The average Bonchev–Trinajstić information content (AvgIpc) is 2.30. The van der Waals surface area contributed by atoms with E-state index in [0.29, 0.717) is 0 Å². The molecule has 0 aromatic heterocycles. The molecule has 5 nitrogen and oxygen atoms in total. The van der Waals surface area contributed by atoms with E-state index in [1.54, 1.807) is 14.2 Å². The van der Waals surface area contributed by atoms with Crippen molar-refractivity contribution in [3.63, 3.8) is 0 Å². The third-order valence-corrected chi connectivity index (χ3v) is 7.59. The molecule has 0 heterocycles. The van der Waals surface area contributed by atoms with E-state index in [4.69, 9.17) is 14.1 Å². The first-order chi connectivity index (χ1) is 10.2. The van der Waals surface area contributed by atoms with E-state index in [1.165, 1.54) is 4.90 Å². The summed E-state index contributed by atoms with van der Waals surface area (Å²) >= 11 is 0. The first kappa shape index (κ1) is 32.9. The summed E-state index contributed by atoms with van der Waals surface area (Å²) in [5.74, 6) is 0. The molecule has 0 rings (SSSR count). The molecule has 0 fully saturated rings. The molecule has 0 aliphatic carbocycles. The standard InChI is InChI=1S/C6H18NSi2.2C5H13NO.Na/c1-8(2,3)7-9(4,5)6;2*1-6(2)4-5-7-3;/h1-6H3;2*4-5H2,1-3H3;/q-1;;;+1/p+1. The van der Waals surface area contributed by atoms with E-state index in [2.05, 4.69) is 58.3 Å². The van der Waals surface area contributed by atoms with Crippen molar-refractivity contribution < 1.29 is 43.9 Å². The van der Waals surface area contributed by atoms with Gasteiger partial charge in [0, 0.05) is 20.8 Å². The zero-order valence-electron chi connectivity index (χ0n) is 19.0. The van der Waals surface area contributed by atoms with E-state index >= 15 is 0 Å². The predicted octanol–water partition coefficient (Wildman–Crippen LogP) is -0.994. The first-order valence-electron chi connectivity index (χ1n) is 8.41. The zero-order valence-corrected chi connectivity index (χ0v) is 23.0. The summed E-state index contributed by atoms with van der Waals surface area (Å²) in [6.07, 6.45) is 0. The quantitative estimate of drug-likeness (QED) is 0.541. The molecule has 0 spiro atoms. The van der Waals surface area contributed by atoms with Gasteiger partial charge in [0.05, 0.1) is 27.3 Å². The Bertz CT molecular complexity index is 222. The van der Waals surface area contributed by atoms with E-state index in [0.717, 1.165) is 26.3 Å². The molecule has 144 valence electrons. The molecule has 8 heteroatoms. The average molecular weight is 391 g/mol. The normalized spacial score (nSPS) is 11.2. The van der Waals surface area contributed by atoms with Gasteiger partial charge in [-0.25, -0.2) is 0 Å². The molecule has 0 aromatic carbocycles. The van der Waals surface area contributed by atoms with Crippen LogP contribution in [-0.2, 0) is 9.47 Å². The Balaban J connectivity index is -0.000000124. The molecule has 0 aliphatic heterocycles. The summed E-state index contributed by atoms with van der Waals surface area (Å²) in [4.78, 5) is 3.52. The van der Waals surface area contributed by atoms with Gasteiger partial charge in [-0.3, -0.25) is 0 Å². The molecule has 0 amide bonds. The van der Waals surface area contributed by atoms with Crippen molar-refractivity contribution in [1.82, 2.24) is 4.90 Å². The monoisotopic (exact) mass is 390 g/mol. The van der Waals surface area contributed by atoms with Gasteiger partial charge in [0.2, 0.25) is 0 Å². The third kappa shape index (κ3) is 49.5. The number of likely N-dealkylation sites (N-methyl/N-ethyl adjacent to an activating group) is 2. The van der Waals surface area contributed by atoms with Crippen molar-refractivity contribution in [3.05, 3.63) is 4.65 Å². The summed E-state index contributed by atoms with van der Waals surface area (Å²) in [5, 5.41) is 0. The van der Waals surface area contributed by atoms with Gasteiger partial charge >= 0.3 is 29.6 Å². The summed E-state index contributed by atoms with van der Waals surface area (Å²) in [7, 11) is 9.50. The zero-order chi connectivity index (χ0) is 19.1. The maximum Gasteiger partial charge on any atom is 1.00 e. The minimum absolute atomic E-state index is 0. The Morgan fingerprint density at radius 3 is 1.29 bits per heavy atom. The second kappa shape index (κ2) is 19.0. The van der Waals surface area contributed by atoms with Crippen LogP contribution in [0, 0.1) is 0 Å². The van der Waals surface area contributed by atoms with E-state index in [1.807, 2.05) is 14.1 Å². The van der Waals surface area contributed by atoms with Gasteiger partial charge in [0.25, 0.3) is 0 Å². The van der Waals surface area contributed by atoms with Crippen molar-refractivity contribution in [2.45, 2.75) is 39.3 Å². The van der Waals surface area contributed by atoms with Crippen molar-refractivity contribution in [2.75, 3.05) is 68.7 Å². The van der Waals surface area contributed by atoms with Crippen LogP contribution in [-0.4, -0.2) is 90.1 Å². The molecule has 0 aromatic rings. The van der Waals surface area contributed by atoms with Crippen molar-refractivity contribution in [1.29, 1.82) is 0 Å². The third-order valence-electron chi connectivity index (χ3n) is 2.22. The fourth-order valence-electron chi connectivity index (χ4n) is 1.59. The number of hydrogen-bond acceptors (Lipinski definition) is 3. The largest absolute Gasteiger partial charge is 1.00 e. The fourth-order valence-corrected chi connectivity index (χ4v) is 9.64. The minimum atomic E-state index is -1.11. The fraction of sp³-hybridized carbons (Fsp3) is 1.00. The summed E-state index contributed by atoms with van der Waals surface area (Å²) < 4.78 is 14.5. The molecule has 0 radical (unpaired) electrons. The molecule has 0 bridgehead atoms. The second-order valence-electron chi connectivity index (χ2n) is 8.20. The maximum absolute atomic E-state index is 4.83. The Labute approximate surface area is 177 Å². The number of quaternary nitrogens is 1. The summed E-state index contributed by atoms with van der Waals surface area (Å²) in [5.41, 5.74) is 0. The van der Waals surface area contributed by atoms with Crippen LogP contribution in [0.25, 0.3) is 4.65 Å². The number of nitrogens with zero attached hydrogens (tertiary/aromatic N) is 2. The molecule has 0 atom stereocenters. The Morgan fingerprint density at radius 1 is 0.833 bits per heavy atom. The summed E-state index contributed by atoms with van der Waals surface area (Å²) in [6.45, 7) is 17.6. The van der Waals surface area contributed by atoms with Crippen LogP contribution < -0.4 is 34.5 Å². The van der Waals surface area contributed by atoms with Gasteiger partial charge in [0.15, 0.2) is 0 Å². The van der Waals surface area contributed by atoms with Crippen LogP contribution in [0.3, 0.4) is 0 Å². The van der Waals surface area contributed by atoms with Crippen molar-refractivity contribution >= 4 is 16.5 Å². The van der Waals surface area contributed by atoms with Gasteiger partial charge in [-0.2, -0.15) is 0 Å². The smallest absolute Gasteiger partial charge is 0.668 e. The van der Waals surface area contributed by atoms with Crippen LogP contribution in [0.5, 0.6) is 0 Å². The van der Waals surface area contributed by atoms with Crippen LogP contribution in [0.4, 0.5) is 0 Å². The number of hydrogen-bond donors (Lipinski definition) is 1. The number of ether oxygens (including phenoxy) is 2. The van der Waals surface area contributed by atoms with Gasteiger partial charge in [0.1, 0.15) is 6.54 Å². The molecule has 1 N–H and O–H groups in total. The van der Waals surface area contributed by atoms with Crippen LogP contribution in [0.1, 0.15) is 0 Å². The van der Waals surface area contributed by atoms with Crippen molar-refractivity contribution in [2.24, 2.45) is 0 Å². The van der Waals surface area contributed by atoms with Crippen LogP contribution in [0.15, 0.2) is 0 Å². The molecule has 0 saturated heterocycles. The van der Waals surface area contributed by atoms with Gasteiger partial charge in [-0.1, -0.05) is 55.8 Å². The first-order valence-corrected chi connectivity index (χ1v) is 15.3. The molecular formula is C16H45N3NaO2Si2+. The second-order valence-corrected chi connectivity index (χ2v) is 17.8. The Kier molecular flexibility index (Phi) is 26.0. The van der Waals surface area contributed by atoms with Crippen molar-refractivity contribution in [3.8, 4) is 0 Å². The summed E-state index contributed by atoms with van der Waals surface area (Å²) in [6, 6.07) is 0. The number of methoxy groups -OCH3 is 2.